The number of hydrogen-bond donors (Lipinski definition) is 1. The van der Waals surface area contributed by atoms with E-state index < -0.39 is 4.87 Å². The number of ether oxygens (including phenoxy) is 2. The maximum absolute atomic E-state index is 14.1. The summed E-state index contributed by atoms with van der Waals surface area (Å²) in [4.78, 5) is 29.6. The van der Waals surface area contributed by atoms with Crippen LogP contribution in [0.1, 0.15) is 11.1 Å². The van der Waals surface area contributed by atoms with Gasteiger partial charge in [0.25, 0.3) is 5.91 Å². The van der Waals surface area contributed by atoms with Crippen LogP contribution in [-0.4, -0.2) is 43.4 Å². The molecule has 0 radical (unpaired) electrons. The summed E-state index contributed by atoms with van der Waals surface area (Å²) in [5, 5.41) is 2.91. The van der Waals surface area contributed by atoms with Crippen molar-refractivity contribution in [3.05, 3.63) is 83.7 Å². The highest BCUT2D eigenvalue weighted by atomic mass is 32.2. The number of urea groups is 1. The fourth-order valence-electron chi connectivity index (χ4n) is 4.52. The molecule has 3 amide bonds. The Morgan fingerprint density at radius 2 is 1.71 bits per heavy atom. The highest BCUT2D eigenvalue weighted by Gasteiger charge is 2.59. The molecular weight excluding hydrogens is 469 g/mol. The van der Waals surface area contributed by atoms with Crippen molar-refractivity contribution >= 4 is 35.1 Å². The maximum atomic E-state index is 14.1. The molecule has 180 valence electrons. The number of amides is 3. The number of anilines is 2. The van der Waals surface area contributed by atoms with Gasteiger partial charge in [-0.2, -0.15) is 0 Å². The Morgan fingerprint density at radius 1 is 1.03 bits per heavy atom. The highest BCUT2D eigenvalue weighted by molar-refractivity contribution is 8.01. The van der Waals surface area contributed by atoms with Gasteiger partial charge in [-0.3, -0.25) is 9.69 Å². The molecule has 1 atom stereocenters. The monoisotopic (exact) mass is 493 g/mol. The van der Waals surface area contributed by atoms with Crippen LogP contribution in [0.5, 0.6) is 11.5 Å². The molecule has 2 aliphatic rings. The first-order valence-corrected chi connectivity index (χ1v) is 12.1. The minimum absolute atomic E-state index is 0.211. The number of benzene rings is 3. The van der Waals surface area contributed by atoms with Crippen molar-refractivity contribution in [2.45, 2.75) is 11.4 Å². The molecule has 7 nitrogen and oxygen atoms in total. The molecule has 0 aliphatic carbocycles. The van der Waals surface area contributed by atoms with Crippen LogP contribution in [0.3, 0.4) is 0 Å². The lowest BCUT2D eigenvalue weighted by molar-refractivity contribution is -0.123. The van der Waals surface area contributed by atoms with Crippen LogP contribution in [0.4, 0.5) is 20.6 Å². The van der Waals surface area contributed by atoms with Crippen molar-refractivity contribution < 1.29 is 23.5 Å². The number of nitrogens with zero attached hydrogens (tertiary/aromatic N) is 2. The average molecular weight is 494 g/mol. The van der Waals surface area contributed by atoms with Gasteiger partial charge < -0.3 is 19.7 Å². The summed E-state index contributed by atoms with van der Waals surface area (Å²) in [5.74, 6) is 1.33. The SMILES string of the molecule is COc1ccc(NC(=O)N2CCS[C@]23C(=O)N(Cc2ccc(F)cc2)c2ccc(OC)cc23)cc1. The van der Waals surface area contributed by atoms with E-state index in [-0.39, 0.29) is 24.3 Å². The lowest BCUT2D eigenvalue weighted by Gasteiger charge is -2.33. The van der Waals surface area contributed by atoms with Gasteiger partial charge in [-0.15, -0.1) is 11.8 Å². The second-order valence-electron chi connectivity index (χ2n) is 8.20. The van der Waals surface area contributed by atoms with Gasteiger partial charge >= 0.3 is 6.03 Å². The Hall–Kier alpha value is -3.72. The van der Waals surface area contributed by atoms with Crippen molar-refractivity contribution in [2.75, 3.05) is 36.7 Å². The van der Waals surface area contributed by atoms with Crippen LogP contribution in [0, 0.1) is 5.82 Å². The molecular formula is C26H24FN3O4S. The van der Waals surface area contributed by atoms with Crippen LogP contribution >= 0.6 is 11.8 Å². The van der Waals surface area contributed by atoms with Crippen molar-refractivity contribution in [1.29, 1.82) is 0 Å². The fourth-order valence-corrected chi connectivity index (χ4v) is 5.97. The zero-order valence-corrected chi connectivity index (χ0v) is 20.1. The normalized spacial score (nSPS) is 18.7. The molecule has 9 heteroatoms. The first-order valence-electron chi connectivity index (χ1n) is 11.1. The van der Waals surface area contributed by atoms with E-state index in [0.29, 0.717) is 40.7 Å². The zero-order chi connectivity index (χ0) is 24.6. The number of rotatable bonds is 5. The second kappa shape index (κ2) is 9.14. The summed E-state index contributed by atoms with van der Waals surface area (Å²) in [7, 11) is 3.14. The molecule has 35 heavy (non-hydrogen) atoms. The standard InChI is InChI=1S/C26H24FN3O4S/c1-33-20-9-7-19(8-10-20)28-25(32)30-13-14-35-26(30)22-15-21(34-2)11-12-23(22)29(24(26)31)16-17-3-5-18(27)6-4-17/h3-12,15H,13-14,16H2,1-2H3,(H,28,32)/t26-/m1/s1. The van der Waals surface area contributed by atoms with Crippen LogP contribution in [-0.2, 0) is 16.2 Å². The highest BCUT2D eigenvalue weighted by Crippen LogP contribution is 2.55. The van der Waals surface area contributed by atoms with E-state index in [1.165, 1.54) is 23.9 Å². The van der Waals surface area contributed by atoms with Gasteiger partial charge in [0.1, 0.15) is 17.3 Å². The Balaban J connectivity index is 1.51. The quantitative estimate of drug-likeness (QED) is 0.552. The van der Waals surface area contributed by atoms with E-state index in [1.54, 1.807) is 66.5 Å². The number of halogens is 1. The van der Waals surface area contributed by atoms with Gasteiger partial charge in [-0.05, 0) is 60.2 Å². The van der Waals surface area contributed by atoms with Crippen LogP contribution in [0.2, 0.25) is 0 Å². The summed E-state index contributed by atoms with van der Waals surface area (Å²) in [6.07, 6.45) is 0. The summed E-state index contributed by atoms with van der Waals surface area (Å²) in [5.41, 5.74) is 2.80. The van der Waals surface area contributed by atoms with Gasteiger partial charge in [0.2, 0.25) is 0 Å². The van der Waals surface area contributed by atoms with E-state index >= 15 is 0 Å². The maximum Gasteiger partial charge on any atom is 0.323 e. The van der Waals surface area contributed by atoms with E-state index in [4.69, 9.17) is 9.47 Å². The predicted octanol–water partition coefficient (Wildman–Crippen LogP) is 4.82. The molecule has 1 spiro atoms. The number of fused-ring (bicyclic) bond motifs is 2. The minimum Gasteiger partial charge on any atom is -0.497 e. The molecule has 2 aliphatic heterocycles. The molecule has 5 rings (SSSR count). The van der Waals surface area contributed by atoms with E-state index in [2.05, 4.69) is 5.32 Å². The van der Waals surface area contributed by atoms with Gasteiger partial charge in [-0.1, -0.05) is 12.1 Å². The molecule has 0 unspecified atom stereocenters. The summed E-state index contributed by atoms with van der Waals surface area (Å²) in [6, 6.07) is 18.2. The molecule has 0 bridgehead atoms. The third-order valence-corrected chi connectivity index (χ3v) is 7.66. The number of carbonyl (C=O) groups is 2. The third-order valence-electron chi connectivity index (χ3n) is 6.24. The van der Waals surface area contributed by atoms with Crippen molar-refractivity contribution in [3.63, 3.8) is 0 Å². The van der Waals surface area contributed by atoms with Crippen LogP contribution in [0.15, 0.2) is 66.7 Å². The van der Waals surface area contributed by atoms with E-state index in [1.807, 2.05) is 12.1 Å². The summed E-state index contributed by atoms with van der Waals surface area (Å²) < 4.78 is 24.1. The minimum atomic E-state index is -1.22. The molecule has 3 aromatic carbocycles. The van der Waals surface area contributed by atoms with E-state index in [9.17, 15) is 14.0 Å². The smallest absolute Gasteiger partial charge is 0.323 e. The van der Waals surface area contributed by atoms with Gasteiger partial charge in [0.15, 0.2) is 4.87 Å². The Kier molecular flexibility index (Phi) is 6.02. The largest absolute Gasteiger partial charge is 0.497 e. The summed E-state index contributed by atoms with van der Waals surface area (Å²) in [6.45, 7) is 0.661. The second-order valence-corrected chi connectivity index (χ2v) is 9.49. The Morgan fingerprint density at radius 3 is 2.40 bits per heavy atom. The van der Waals surface area contributed by atoms with Gasteiger partial charge in [-0.25, -0.2) is 9.18 Å². The molecule has 1 fully saturated rings. The fraction of sp³-hybridized carbons (Fsp3) is 0.231. The molecule has 2 heterocycles. The number of methoxy groups -OCH3 is 2. The van der Waals surface area contributed by atoms with Crippen molar-refractivity contribution in [2.24, 2.45) is 0 Å². The predicted molar refractivity (Wildman–Crippen MR) is 133 cm³/mol. The van der Waals surface area contributed by atoms with Crippen molar-refractivity contribution in [1.82, 2.24) is 4.90 Å². The number of hydrogen-bond acceptors (Lipinski definition) is 5. The summed E-state index contributed by atoms with van der Waals surface area (Å²) >= 11 is 1.43. The van der Waals surface area contributed by atoms with Crippen LogP contribution in [0.25, 0.3) is 0 Å². The molecule has 3 aromatic rings. The number of thioether (sulfide) groups is 1. The molecule has 0 aromatic heterocycles. The first-order chi connectivity index (χ1) is 17.0. The zero-order valence-electron chi connectivity index (χ0n) is 19.3. The van der Waals surface area contributed by atoms with Crippen LogP contribution < -0.4 is 19.7 Å². The van der Waals surface area contributed by atoms with Gasteiger partial charge in [0, 0.05) is 23.5 Å². The molecule has 1 N–H and O–H groups in total. The van der Waals surface area contributed by atoms with Crippen molar-refractivity contribution in [3.8, 4) is 11.5 Å². The first kappa shape index (κ1) is 23.0. The average Bonchev–Trinajstić information content (AvgIpc) is 3.42. The Bertz CT molecular complexity index is 1270. The topological polar surface area (TPSA) is 71.1 Å². The lowest BCUT2D eigenvalue weighted by atomic mass is 10.1. The molecule has 1 saturated heterocycles. The third kappa shape index (κ3) is 3.95. The molecule has 0 saturated carbocycles. The van der Waals surface area contributed by atoms with E-state index in [0.717, 1.165) is 5.56 Å². The number of carbonyl (C=O) groups excluding carboxylic acids is 2. The Labute approximate surface area is 206 Å². The van der Waals surface area contributed by atoms with Gasteiger partial charge in [0.05, 0.1) is 26.5 Å². The lowest BCUT2D eigenvalue weighted by Crippen LogP contribution is -2.51. The number of nitrogens with one attached hydrogen (secondary N) is 1.